The van der Waals surface area contributed by atoms with Crippen molar-refractivity contribution in [3.05, 3.63) is 59.4 Å². The average Bonchev–Trinajstić information content (AvgIpc) is 2.84. The van der Waals surface area contributed by atoms with E-state index in [4.69, 9.17) is 5.26 Å². The summed E-state index contributed by atoms with van der Waals surface area (Å²) in [5, 5.41) is 8.46. The van der Waals surface area contributed by atoms with Crippen LogP contribution in [0, 0.1) is 29.1 Å². The minimum atomic E-state index is -0.705. The van der Waals surface area contributed by atoms with E-state index in [1.54, 1.807) is 11.6 Å². The summed E-state index contributed by atoms with van der Waals surface area (Å²) in [5.41, 5.74) is 3.07. The molecule has 2 aliphatic carbocycles. The van der Waals surface area contributed by atoms with Gasteiger partial charge < -0.3 is 0 Å². The van der Waals surface area contributed by atoms with Gasteiger partial charge in [0.1, 0.15) is 6.07 Å². The van der Waals surface area contributed by atoms with Gasteiger partial charge in [-0.15, -0.1) is 0 Å². The van der Waals surface area contributed by atoms with E-state index in [1.807, 2.05) is 0 Å². The number of hydrogen-bond acceptors (Lipinski definition) is 1. The first-order valence-electron chi connectivity index (χ1n) is 13.2. The monoisotopic (exact) mass is 435 g/mol. The fourth-order valence-corrected chi connectivity index (χ4v) is 5.80. The predicted octanol–water partition coefficient (Wildman–Crippen LogP) is 9.21. The van der Waals surface area contributed by atoms with Crippen LogP contribution in [0.25, 0.3) is 0 Å². The molecule has 1 aromatic carbocycles. The highest BCUT2D eigenvalue weighted by Crippen LogP contribution is 2.40. The highest BCUT2D eigenvalue weighted by Gasteiger charge is 2.24. The second kappa shape index (κ2) is 13.6. The van der Waals surface area contributed by atoms with Gasteiger partial charge in [-0.25, -0.2) is 0 Å². The van der Waals surface area contributed by atoms with Crippen LogP contribution in [0.5, 0.6) is 0 Å². The van der Waals surface area contributed by atoms with Crippen molar-refractivity contribution in [3.8, 4) is 6.07 Å². The third kappa shape index (κ3) is 8.23. The molecule has 0 radical (unpaired) electrons. The molecule has 0 aromatic heterocycles. The van der Waals surface area contributed by atoms with Crippen LogP contribution in [-0.4, -0.2) is 0 Å². The molecule has 1 aromatic rings. The SMILES string of the molecule is CCCCCc1ccc([C@H]2CC[C@H](CC[C@H]3CC[C@H](/C=C/C=C(\F)C#N)CC3)CC2)cc1. The molecule has 0 amide bonds. The molecule has 2 aliphatic rings. The van der Waals surface area contributed by atoms with Crippen molar-refractivity contribution in [2.75, 3.05) is 0 Å². The lowest BCUT2D eigenvalue weighted by atomic mass is 9.74. The lowest BCUT2D eigenvalue weighted by Crippen LogP contribution is -2.17. The number of rotatable bonds is 10. The maximum absolute atomic E-state index is 12.9. The van der Waals surface area contributed by atoms with Crippen molar-refractivity contribution in [3.63, 3.8) is 0 Å². The largest absolute Gasteiger partial charge is 0.199 e. The van der Waals surface area contributed by atoms with Crippen molar-refractivity contribution < 1.29 is 4.39 Å². The summed E-state index contributed by atoms with van der Waals surface area (Å²) in [4.78, 5) is 0. The van der Waals surface area contributed by atoms with Crippen molar-refractivity contribution >= 4 is 0 Å². The Balaban J connectivity index is 1.32. The van der Waals surface area contributed by atoms with Crippen molar-refractivity contribution in [2.24, 2.45) is 17.8 Å². The molecule has 0 spiro atoms. The van der Waals surface area contributed by atoms with Gasteiger partial charge in [-0.2, -0.15) is 9.65 Å². The van der Waals surface area contributed by atoms with Gasteiger partial charge in [-0.3, -0.25) is 0 Å². The van der Waals surface area contributed by atoms with E-state index in [-0.39, 0.29) is 0 Å². The lowest BCUT2D eigenvalue weighted by Gasteiger charge is -2.31. The molecule has 0 saturated heterocycles. The molecule has 32 heavy (non-hydrogen) atoms. The van der Waals surface area contributed by atoms with Gasteiger partial charge in [-0.05, 0) is 105 Å². The minimum Gasteiger partial charge on any atom is -0.195 e. The van der Waals surface area contributed by atoms with Gasteiger partial charge in [0.25, 0.3) is 0 Å². The molecule has 0 N–H and O–H groups in total. The fourth-order valence-electron chi connectivity index (χ4n) is 5.80. The van der Waals surface area contributed by atoms with Crippen molar-refractivity contribution in [1.29, 1.82) is 5.26 Å². The number of unbranched alkanes of at least 4 members (excludes halogenated alkanes) is 2. The molecule has 2 saturated carbocycles. The highest BCUT2D eigenvalue weighted by molar-refractivity contribution is 5.26. The second-order valence-corrected chi connectivity index (χ2v) is 10.3. The van der Waals surface area contributed by atoms with E-state index < -0.39 is 5.83 Å². The van der Waals surface area contributed by atoms with Crippen LogP contribution >= 0.6 is 0 Å². The molecule has 1 nitrogen and oxygen atoms in total. The number of halogens is 1. The van der Waals surface area contributed by atoms with Gasteiger partial charge in [0, 0.05) is 0 Å². The Kier molecular flexibility index (Phi) is 10.5. The quantitative estimate of drug-likeness (QED) is 0.204. The highest BCUT2D eigenvalue weighted by atomic mass is 19.1. The van der Waals surface area contributed by atoms with Crippen LogP contribution in [0.2, 0.25) is 0 Å². The number of benzene rings is 1. The summed E-state index contributed by atoms with van der Waals surface area (Å²) in [6, 6.07) is 11.1. The van der Waals surface area contributed by atoms with Gasteiger partial charge in [0.2, 0.25) is 0 Å². The van der Waals surface area contributed by atoms with Crippen molar-refractivity contribution in [1.82, 2.24) is 0 Å². The molecule has 0 atom stereocenters. The summed E-state index contributed by atoms with van der Waals surface area (Å²) >= 11 is 0. The predicted molar refractivity (Wildman–Crippen MR) is 133 cm³/mol. The Bertz CT molecular complexity index is 753. The summed E-state index contributed by atoms with van der Waals surface area (Å²) < 4.78 is 12.9. The number of hydrogen-bond donors (Lipinski definition) is 0. The first kappa shape index (κ1) is 24.8. The second-order valence-electron chi connectivity index (χ2n) is 10.3. The Labute approximate surface area is 195 Å². The van der Waals surface area contributed by atoms with Gasteiger partial charge in [0.15, 0.2) is 5.83 Å². The van der Waals surface area contributed by atoms with Crippen LogP contribution in [0.3, 0.4) is 0 Å². The van der Waals surface area contributed by atoms with Gasteiger partial charge in [0.05, 0.1) is 0 Å². The Morgan fingerprint density at radius 2 is 1.56 bits per heavy atom. The fraction of sp³-hybridized carbons (Fsp3) is 0.633. The van der Waals surface area contributed by atoms with E-state index in [9.17, 15) is 4.39 Å². The lowest BCUT2D eigenvalue weighted by molar-refractivity contribution is 0.246. The molecule has 0 unspecified atom stereocenters. The average molecular weight is 436 g/mol. The van der Waals surface area contributed by atoms with E-state index in [2.05, 4.69) is 37.3 Å². The zero-order valence-electron chi connectivity index (χ0n) is 20.1. The van der Waals surface area contributed by atoms with Gasteiger partial charge in [-0.1, -0.05) is 69.0 Å². The summed E-state index contributed by atoms with van der Waals surface area (Å²) in [7, 11) is 0. The Morgan fingerprint density at radius 3 is 2.16 bits per heavy atom. The first-order valence-corrected chi connectivity index (χ1v) is 13.2. The van der Waals surface area contributed by atoms with Crippen LogP contribution in [-0.2, 0) is 6.42 Å². The van der Waals surface area contributed by atoms with E-state index in [0.29, 0.717) is 5.92 Å². The summed E-state index contributed by atoms with van der Waals surface area (Å²) in [6.45, 7) is 2.27. The molecule has 174 valence electrons. The summed E-state index contributed by atoms with van der Waals surface area (Å²) in [6.07, 6.45) is 23.6. The summed E-state index contributed by atoms with van der Waals surface area (Å²) in [5.74, 6) is 2.44. The number of aryl methyl sites for hydroxylation is 1. The molecular weight excluding hydrogens is 393 g/mol. The molecule has 3 rings (SSSR count). The number of nitrogens with zero attached hydrogens (tertiary/aromatic N) is 1. The van der Waals surface area contributed by atoms with E-state index >= 15 is 0 Å². The molecular formula is C30H42FN. The van der Waals surface area contributed by atoms with Crippen LogP contribution in [0.4, 0.5) is 4.39 Å². The van der Waals surface area contributed by atoms with Crippen LogP contribution in [0.1, 0.15) is 107 Å². The number of nitriles is 1. The van der Waals surface area contributed by atoms with E-state index in [1.165, 1.54) is 108 Å². The molecule has 0 bridgehead atoms. The minimum absolute atomic E-state index is 0.558. The Hall–Kier alpha value is -1.88. The molecule has 2 heteroatoms. The third-order valence-electron chi connectivity index (χ3n) is 7.97. The number of allylic oxidation sites excluding steroid dienone is 4. The normalized spacial score (nSPS) is 26.8. The first-order chi connectivity index (χ1) is 15.7. The maximum atomic E-state index is 12.9. The Morgan fingerprint density at radius 1 is 0.938 bits per heavy atom. The molecule has 0 aliphatic heterocycles. The molecule has 2 fully saturated rings. The third-order valence-corrected chi connectivity index (χ3v) is 7.97. The zero-order valence-corrected chi connectivity index (χ0v) is 20.1. The maximum Gasteiger partial charge on any atom is 0.199 e. The van der Waals surface area contributed by atoms with Crippen LogP contribution in [0.15, 0.2) is 48.3 Å². The standard InChI is InChI=1S/C30H42FN/c1-2-3-4-6-24-15-19-28(20-16-24)29-21-17-27(18-22-29)14-13-26-11-9-25(10-12-26)7-5-8-30(31)23-32/h5,7-8,15-16,19-20,25-27,29H,2-4,6,9-14,17-18,21-22H2,1H3/b7-5+,30-8-/t25-,26-,27-,29-. The molecule has 0 heterocycles. The zero-order chi connectivity index (χ0) is 22.6. The smallest absolute Gasteiger partial charge is 0.195 e. The van der Waals surface area contributed by atoms with E-state index in [0.717, 1.165) is 17.8 Å². The van der Waals surface area contributed by atoms with Crippen LogP contribution < -0.4 is 0 Å². The van der Waals surface area contributed by atoms with Gasteiger partial charge >= 0.3 is 0 Å². The topological polar surface area (TPSA) is 23.8 Å². The van der Waals surface area contributed by atoms with Crippen molar-refractivity contribution in [2.45, 2.75) is 103 Å².